The lowest BCUT2D eigenvalue weighted by molar-refractivity contribution is 0.102. The molecule has 0 fully saturated rings. The van der Waals surface area contributed by atoms with Crippen LogP contribution in [0.3, 0.4) is 0 Å². The fourth-order valence-corrected chi connectivity index (χ4v) is 3.28. The first kappa shape index (κ1) is 22.2. The average molecular weight is 442 g/mol. The lowest BCUT2D eigenvalue weighted by atomic mass is 9.87. The van der Waals surface area contributed by atoms with Gasteiger partial charge in [0.1, 0.15) is 12.1 Å². The van der Waals surface area contributed by atoms with Crippen molar-refractivity contribution in [3.8, 4) is 17.4 Å². The third kappa shape index (κ3) is 5.09. The van der Waals surface area contributed by atoms with Crippen LogP contribution in [0.1, 0.15) is 48.1 Å². The second kappa shape index (κ2) is 8.86. The fraction of sp³-hybridized carbons (Fsp3) is 0.231. The first-order valence-electron chi connectivity index (χ1n) is 10.8. The van der Waals surface area contributed by atoms with Gasteiger partial charge in [-0.25, -0.2) is 4.98 Å². The maximum absolute atomic E-state index is 12.6. The van der Waals surface area contributed by atoms with Gasteiger partial charge in [0.05, 0.1) is 5.69 Å². The molecule has 0 atom stereocenters. The van der Waals surface area contributed by atoms with Crippen molar-refractivity contribution in [3.05, 3.63) is 89.5 Å². The molecular weight excluding hydrogens is 414 g/mol. The number of carbonyl (C=O) groups excluding carboxylic acids is 1. The number of nitrogens with one attached hydrogen (secondary N) is 1. The van der Waals surface area contributed by atoms with Crippen LogP contribution in [0.15, 0.2) is 67.0 Å². The van der Waals surface area contributed by atoms with Crippen LogP contribution >= 0.6 is 0 Å². The van der Waals surface area contributed by atoms with Crippen molar-refractivity contribution in [1.29, 1.82) is 0 Å². The van der Waals surface area contributed by atoms with Crippen molar-refractivity contribution in [2.45, 2.75) is 40.0 Å². The molecule has 4 rings (SSSR count). The highest BCUT2D eigenvalue weighted by molar-refractivity contribution is 6.04. The molecule has 2 heterocycles. The van der Waals surface area contributed by atoms with Gasteiger partial charge in [0.25, 0.3) is 5.91 Å². The van der Waals surface area contributed by atoms with E-state index in [1.54, 1.807) is 36.7 Å². The highest BCUT2D eigenvalue weighted by atomic mass is 16.5. The van der Waals surface area contributed by atoms with Gasteiger partial charge in [-0.05, 0) is 67.3 Å². The molecule has 168 valence electrons. The smallest absolute Gasteiger partial charge is 0.255 e. The van der Waals surface area contributed by atoms with Crippen molar-refractivity contribution >= 4 is 11.6 Å². The molecule has 2 aromatic heterocycles. The molecule has 0 aliphatic heterocycles. The van der Waals surface area contributed by atoms with E-state index in [9.17, 15) is 4.79 Å². The van der Waals surface area contributed by atoms with Crippen LogP contribution in [-0.2, 0) is 5.41 Å². The molecule has 0 unspecified atom stereocenters. The minimum absolute atomic E-state index is 0.0486. The summed E-state index contributed by atoms with van der Waals surface area (Å²) in [4.78, 5) is 16.8. The largest absolute Gasteiger partial charge is 0.438 e. The van der Waals surface area contributed by atoms with Crippen molar-refractivity contribution in [3.63, 3.8) is 0 Å². The number of carbonyl (C=O) groups is 1. The normalized spacial score (nSPS) is 11.3. The molecule has 0 aliphatic rings. The van der Waals surface area contributed by atoms with Crippen molar-refractivity contribution in [2.24, 2.45) is 0 Å². The Morgan fingerprint density at radius 1 is 0.909 bits per heavy atom. The molecule has 0 aliphatic carbocycles. The van der Waals surface area contributed by atoms with E-state index in [-0.39, 0.29) is 11.3 Å². The second-order valence-corrected chi connectivity index (χ2v) is 8.92. The molecule has 0 bridgehead atoms. The zero-order chi connectivity index (χ0) is 23.6. The lowest BCUT2D eigenvalue weighted by Crippen LogP contribution is -2.14. The summed E-state index contributed by atoms with van der Waals surface area (Å²) >= 11 is 0. The molecule has 1 N–H and O–H groups in total. The summed E-state index contributed by atoms with van der Waals surface area (Å²) in [6.07, 6.45) is 1.72. The Labute approximate surface area is 193 Å². The number of nitrogens with zero attached hydrogens (tertiary/aromatic N) is 4. The van der Waals surface area contributed by atoms with Gasteiger partial charge in [0.15, 0.2) is 5.82 Å². The van der Waals surface area contributed by atoms with Crippen molar-refractivity contribution < 1.29 is 9.53 Å². The first-order chi connectivity index (χ1) is 15.7. The number of imidazole rings is 1. The van der Waals surface area contributed by atoms with Crippen LogP contribution in [0.5, 0.6) is 11.6 Å². The number of aromatic nitrogens is 4. The van der Waals surface area contributed by atoms with Crippen LogP contribution in [0, 0.1) is 13.8 Å². The third-order valence-electron chi connectivity index (χ3n) is 5.47. The van der Waals surface area contributed by atoms with E-state index >= 15 is 0 Å². The summed E-state index contributed by atoms with van der Waals surface area (Å²) in [6.45, 7) is 10.4. The summed E-state index contributed by atoms with van der Waals surface area (Å²) < 4.78 is 7.66. The van der Waals surface area contributed by atoms with Crippen LogP contribution in [0.25, 0.3) is 5.82 Å². The molecule has 0 saturated carbocycles. The SMILES string of the molecule is Cc1ncn(-c2ccc(Oc3ccc(NC(=O)c4ccc(C(C)(C)C)cc4)cc3)nn2)c1C. The lowest BCUT2D eigenvalue weighted by Gasteiger charge is -2.19. The highest BCUT2D eigenvalue weighted by Gasteiger charge is 2.14. The summed E-state index contributed by atoms with van der Waals surface area (Å²) in [5.41, 5.74) is 4.49. The topological polar surface area (TPSA) is 81.9 Å². The van der Waals surface area contributed by atoms with E-state index in [0.717, 1.165) is 11.4 Å². The number of hydrogen-bond donors (Lipinski definition) is 1. The summed E-state index contributed by atoms with van der Waals surface area (Å²) in [7, 11) is 0. The number of rotatable bonds is 5. The molecule has 2 aromatic carbocycles. The van der Waals surface area contributed by atoms with Crippen LogP contribution in [0.4, 0.5) is 5.69 Å². The monoisotopic (exact) mass is 441 g/mol. The van der Waals surface area contributed by atoms with Gasteiger partial charge in [-0.15, -0.1) is 10.2 Å². The summed E-state index contributed by atoms with van der Waals surface area (Å²) in [5.74, 6) is 1.49. The van der Waals surface area contributed by atoms with E-state index < -0.39 is 0 Å². The second-order valence-electron chi connectivity index (χ2n) is 8.92. The summed E-state index contributed by atoms with van der Waals surface area (Å²) in [5, 5.41) is 11.3. The summed E-state index contributed by atoms with van der Waals surface area (Å²) in [6, 6.07) is 18.4. The van der Waals surface area contributed by atoms with Crippen LogP contribution < -0.4 is 10.1 Å². The number of benzene rings is 2. The van der Waals surface area contributed by atoms with E-state index in [2.05, 4.69) is 41.3 Å². The molecule has 0 radical (unpaired) electrons. The van der Waals surface area contributed by atoms with Crippen molar-refractivity contribution in [2.75, 3.05) is 5.32 Å². The van der Waals surface area contributed by atoms with Gasteiger partial charge in [-0.3, -0.25) is 9.36 Å². The fourth-order valence-electron chi connectivity index (χ4n) is 3.28. The number of ether oxygens (including phenoxy) is 1. The standard InChI is InChI=1S/C26H27N5O2/c1-17-18(2)31(16-27-17)23-14-15-24(30-29-23)33-22-12-10-21(11-13-22)28-25(32)19-6-8-20(9-7-19)26(3,4)5/h6-16H,1-5H3,(H,28,32). The molecule has 0 spiro atoms. The van der Waals surface area contributed by atoms with Gasteiger partial charge in [0.2, 0.25) is 5.88 Å². The van der Waals surface area contributed by atoms with E-state index in [1.807, 2.05) is 48.7 Å². The van der Waals surface area contributed by atoms with E-state index in [1.165, 1.54) is 5.56 Å². The third-order valence-corrected chi connectivity index (χ3v) is 5.47. The van der Waals surface area contributed by atoms with Crippen LogP contribution in [0.2, 0.25) is 0 Å². The Morgan fingerprint density at radius 2 is 1.61 bits per heavy atom. The van der Waals surface area contributed by atoms with E-state index in [0.29, 0.717) is 28.7 Å². The predicted octanol–water partition coefficient (Wildman–Crippen LogP) is 5.62. The number of anilines is 1. The molecule has 7 nitrogen and oxygen atoms in total. The molecule has 4 aromatic rings. The Balaban J connectivity index is 1.38. The Kier molecular flexibility index (Phi) is 5.96. The van der Waals surface area contributed by atoms with Crippen molar-refractivity contribution in [1.82, 2.24) is 19.7 Å². The van der Waals surface area contributed by atoms with Gasteiger partial charge < -0.3 is 10.1 Å². The minimum Gasteiger partial charge on any atom is -0.438 e. The molecular formula is C26H27N5O2. The minimum atomic E-state index is -0.157. The maximum Gasteiger partial charge on any atom is 0.255 e. The van der Waals surface area contributed by atoms with Gasteiger partial charge in [-0.2, -0.15) is 0 Å². The van der Waals surface area contributed by atoms with Gasteiger partial charge in [0, 0.05) is 23.0 Å². The van der Waals surface area contributed by atoms with E-state index in [4.69, 9.17) is 4.74 Å². The highest BCUT2D eigenvalue weighted by Crippen LogP contribution is 2.24. The first-order valence-corrected chi connectivity index (χ1v) is 10.8. The zero-order valence-electron chi connectivity index (χ0n) is 19.5. The number of hydrogen-bond acceptors (Lipinski definition) is 5. The number of aryl methyl sites for hydroxylation is 1. The Bertz CT molecular complexity index is 1250. The number of amides is 1. The molecule has 7 heteroatoms. The molecule has 1 amide bonds. The Hall–Kier alpha value is -4.00. The average Bonchev–Trinajstić information content (AvgIpc) is 3.13. The van der Waals surface area contributed by atoms with Gasteiger partial charge in [-0.1, -0.05) is 32.9 Å². The molecule has 0 saturated heterocycles. The zero-order valence-corrected chi connectivity index (χ0v) is 19.5. The predicted molar refractivity (Wildman–Crippen MR) is 128 cm³/mol. The van der Waals surface area contributed by atoms with Crippen LogP contribution in [-0.4, -0.2) is 25.7 Å². The quantitative estimate of drug-likeness (QED) is 0.435. The Morgan fingerprint density at radius 3 is 2.15 bits per heavy atom. The maximum atomic E-state index is 12.6. The molecule has 33 heavy (non-hydrogen) atoms. The van der Waals surface area contributed by atoms with Gasteiger partial charge >= 0.3 is 0 Å².